The maximum Gasteiger partial charge on any atom is 0.338 e. The summed E-state index contributed by atoms with van der Waals surface area (Å²) in [6.45, 7) is 1.01. The summed E-state index contributed by atoms with van der Waals surface area (Å²) in [5.74, 6) is 5.18. The molecule has 2 fully saturated rings. The number of amides is 3. The Balaban J connectivity index is 1.36. The van der Waals surface area contributed by atoms with Crippen LogP contribution in [0.25, 0.3) is 21.3 Å². The second-order valence-corrected chi connectivity index (χ2v) is 12.6. The minimum absolute atomic E-state index is 0.0616. The van der Waals surface area contributed by atoms with Crippen molar-refractivity contribution in [1.82, 2.24) is 19.8 Å². The van der Waals surface area contributed by atoms with Gasteiger partial charge in [-0.2, -0.15) is 5.26 Å². The number of carbonyl (C=O) groups excluding carboxylic acids is 2. The zero-order chi connectivity index (χ0) is 30.6. The van der Waals surface area contributed by atoms with E-state index in [9.17, 15) is 19.2 Å². The number of fused-ring (bicyclic) bond motifs is 4. The highest BCUT2D eigenvalue weighted by atomic mass is 35.5. The van der Waals surface area contributed by atoms with E-state index >= 15 is 0 Å². The Morgan fingerprint density at radius 1 is 1.33 bits per heavy atom. The van der Waals surface area contributed by atoms with Crippen molar-refractivity contribution in [2.75, 3.05) is 25.4 Å². The molecule has 0 radical (unpaired) electrons. The number of hydrazine groups is 1. The monoisotopic (exact) mass is 644 g/mol. The number of nitrogens with zero attached hydrogens (tertiary/aromatic N) is 5. The SMILES string of the molecule is N#CCC1C2CN3C(=O)c4cc(Cl)c(-c5ccc(F)c6sc(N)nc56)c(Cl)c4OCCC3CC2CN1C(=O)N(N)/C=C\N. The summed E-state index contributed by atoms with van der Waals surface area (Å²) in [5.41, 5.74) is 12.6. The van der Waals surface area contributed by atoms with Gasteiger partial charge in [0.2, 0.25) is 0 Å². The van der Waals surface area contributed by atoms with Crippen molar-refractivity contribution in [3.05, 3.63) is 52.0 Å². The van der Waals surface area contributed by atoms with Gasteiger partial charge in [-0.1, -0.05) is 34.5 Å². The van der Waals surface area contributed by atoms with Crippen molar-refractivity contribution in [3.63, 3.8) is 0 Å². The summed E-state index contributed by atoms with van der Waals surface area (Å²) in [7, 11) is 0. The lowest BCUT2D eigenvalue weighted by molar-refractivity contribution is 0.0354. The van der Waals surface area contributed by atoms with Crippen molar-refractivity contribution in [2.24, 2.45) is 23.4 Å². The zero-order valence-electron chi connectivity index (χ0n) is 22.7. The Kier molecular flexibility index (Phi) is 7.72. The van der Waals surface area contributed by atoms with Crippen molar-refractivity contribution < 1.29 is 18.7 Å². The fourth-order valence-electron chi connectivity index (χ4n) is 6.64. The number of hydrogen-bond donors (Lipinski definition) is 3. The van der Waals surface area contributed by atoms with Crippen LogP contribution in [0.15, 0.2) is 30.6 Å². The molecular weight excluding hydrogens is 618 g/mol. The molecule has 11 nitrogen and oxygen atoms in total. The van der Waals surface area contributed by atoms with Crippen LogP contribution in [0.3, 0.4) is 0 Å². The summed E-state index contributed by atoms with van der Waals surface area (Å²) in [4.78, 5) is 34.9. The van der Waals surface area contributed by atoms with Crippen LogP contribution < -0.4 is 22.0 Å². The number of aromatic nitrogens is 1. The number of nitrogens with two attached hydrogens (primary N) is 3. The molecule has 3 aliphatic heterocycles. The average molecular weight is 646 g/mol. The predicted molar refractivity (Wildman–Crippen MR) is 161 cm³/mol. The average Bonchev–Trinajstić information content (AvgIpc) is 3.54. The first-order valence-corrected chi connectivity index (χ1v) is 15.1. The third-order valence-corrected chi connectivity index (χ3v) is 10.1. The van der Waals surface area contributed by atoms with E-state index in [-0.39, 0.29) is 68.0 Å². The number of urea groups is 1. The Bertz CT molecular complexity index is 1710. The van der Waals surface area contributed by atoms with Crippen LogP contribution in [0.4, 0.5) is 14.3 Å². The fourth-order valence-corrected chi connectivity index (χ4v) is 8.12. The molecule has 4 unspecified atom stereocenters. The van der Waals surface area contributed by atoms with E-state index in [1.165, 1.54) is 24.4 Å². The minimum atomic E-state index is -0.468. The standard InChI is InChI=1S/C28H27Cl2FN8O3S/c29-18-10-16-24(22(30)21(18)15-1-2-19(31)25-23(15)36-27(34)43-25)42-8-4-14-9-13-11-38(28(41)39(35)7-6-33)20(3-5-32)17(13)12-37(14)26(16)40/h1-2,6-7,10,13-14,17,20H,3-4,8-9,11-12,33,35H2,(H2,34,36)/b7-6-. The highest BCUT2D eigenvalue weighted by Crippen LogP contribution is 2.48. The van der Waals surface area contributed by atoms with Gasteiger partial charge in [-0.25, -0.2) is 25.0 Å². The second-order valence-electron chi connectivity index (χ2n) is 10.8. The number of likely N-dealkylation sites (tertiary alicyclic amines) is 1. The molecule has 2 saturated heterocycles. The molecule has 3 amide bonds. The highest BCUT2D eigenvalue weighted by molar-refractivity contribution is 7.22. The largest absolute Gasteiger partial charge is 0.491 e. The molecular formula is C28H27Cl2FN8O3S. The molecule has 6 rings (SSSR count). The van der Waals surface area contributed by atoms with Crippen LogP contribution in [0.2, 0.25) is 10.0 Å². The lowest BCUT2D eigenvalue weighted by Gasteiger charge is -2.43. The number of nitrogen functional groups attached to an aromatic ring is 1. The van der Waals surface area contributed by atoms with E-state index in [1.54, 1.807) is 9.80 Å². The van der Waals surface area contributed by atoms with E-state index in [0.717, 1.165) is 22.5 Å². The van der Waals surface area contributed by atoms with Gasteiger partial charge in [0.25, 0.3) is 5.91 Å². The van der Waals surface area contributed by atoms with Gasteiger partial charge in [0.1, 0.15) is 5.82 Å². The smallest absolute Gasteiger partial charge is 0.338 e. The van der Waals surface area contributed by atoms with Crippen LogP contribution in [-0.4, -0.2) is 63.5 Å². The molecule has 1 aromatic heterocycles. The Morgan fingerprint density at radius 2 is 2.12 bits per heavy atom. The van der Waals surface area contributed by atoms with Crippen LogP contribution in [0, 0.1) is 29.0 Å². The summed E-state index contributed by atoms with van der Waals surface area (Å²) < 4.78 is 20.9. The van der Waals surface area contributed by atoms with Crippen LogP contribution in [0.1, 0.15) is 29.6 Å². The Labute approximate surface area is 260 Å². The molecule has 6 N–H and O–H groups in total. The van der Waals surface area contributed by atoms with E-state index in [4.69, 9.17) is 45.2 Å². The molecule has 224 valence electrons. The van der Waals surface area contributed by atoms with Crippen molar-refractivity contribution >= 4 is 61.8 Å². The van der Waals surface area contributed by atoms with Crippen LogP contribution in [0.5, 0.6) is 5.75 Å². The first kappa shape index (κ1) is 29.3. The maximum absolute atomic E-state index is 14.5. The molecule has 43 heavy (non-hydrogen) atoms. The number of halogens is 3. The highest BCUT2D eigenvalue weighted by Gasteiger charge is 2.50. The van der Waals surface area contributed by atoms with Crippen LogP contribution in [-0.2, 0) is 0 Å². The van der Waals surface area contributed by atoms with E-state index < -0.39 is 17.9 Å². The van der Waals surface area contributed by atoms with E-state index in [0.29, 0.717) is 42.6 Å². The zero-order valence-corrected chi connectivity index (χ0v) is 25.0. The summed E-state index contributed by atoms with van der Waals surface area (Å²) in [6, 6.07) is 5.46. The minimum Gasteiger partial charge on any atom is -0.491 e. The summed E-state index contributed by atoms with van der Waals surface area (Å²) in [6.07, 6.45) is 3.66. The first-order valence-electron chi connectivity index (χ1n) is 13.5. The lowest BCUT2D eigenvalue weighted by Crippen LogP contribution is -2.53. The molecule has 3 aromatic rings. The Hall–Kier alpha value is -3.83. The Morgan fingerprint density at radius 3 is 2.86 bits per heavy atom. The number of anilines is 1. The molecule has 15 heteroatoms. The molecule has 4 heterocycles. The number of nitriles is 1. The van der Waals surface area contributed by atoms with E-state index in [1.807, 2.05) is 0 Å². The van der Waals surface area contributed by atoms with Gasteiger partial charge >= 0.3 is 6.03 Å². The van der Waals surface area contributed by atoms with Crippen molar-refractivity contribution in [1.29, 1.82) is 5.26 Å². The fraction of sp³-hybridized carbons (Fsp3) is 0.357. The number of rotatable bonds is 3. The van der Waals surface area contributed by atoms with Gasteiger partial charge < -0.3 is 26.0 Å². The third kappa shape index (κ3) is 4.88. The van der Waals surface area contributed by atoms with Gasteiger partial charge in [-0.3, -0.25) is 4.79 Å². The van der Waals surface area contributed by atoms with Gasteiger partial charge in [0, 0.05) is 55.0 Å². The van der Waals surface area contributed by atoms with Gasteiger partial charge in [0.05, 0.1) is 51.0 Å². The number of hydrogen-bond acceptors (Lipinski definition) is 9. The molecule has 0 saturated carbocycles. The topological polar surface area (TPSA) is 168 Å². The molecule has 0 spiro atoms. The van der Waals surface area contributed by atoms with Crippen LogP contribution >= 0.6 is 34.5 Å². The number of benzene rings is 2. The molecule has 0 aliphatic carbocycles. The normalized spacial score (nSPS) is 23.3. The summed E-state index contributed by atoms with van der Waals surface area (Å²) >= 11 is 14.7. The first-order chi connectivity index (χ1) is 20.6. The predicted octanol–water partition coefficient (Wildman–Crippen LogP) is 4.54. The number of thiazole rings is 1. The molecule has 3 aliphatic rings. The van der Waals surface area contributed by atoms with Crippen molar-refractivity contribution in [2.45, 2.75) is 31.3 Å². The lowest BCUT2D eigenvalue weighted by atomic mass is 9.79. The third-order valence-electron chi connectivity index (χ3n) is 8.51. The van der Waals surface area contributed by atoms with Gasteiger partial charge in [0.15, 0.2) is 10.9 Å². The van der Waals surface area contributed by atoms with Gasteiger partial charge in [-0.15, -0.1) is 0 Å². The number of piperidine rings is 1. The molecule has 0 bridgehead atoms. The number of ether oxygens (including phenoxy) is 1. The number of carbonyl (C=O) groups is 2. The quantitative estimate of drug-likeness (QED) is 0.212. The summed E-state index contributed by atoms with van der Waals surface area (Å²) in [5, 5.41) is 11.0. The van der Waals surface area contributed by atoms with E-state index in [2.05, 4.69) is 11.1 Å². The molecule has 4 atom stereocenters. The maximum atomic E-state index is 14.5. The second kappa shape index (κ2) is 11.3. The molecule has 2 aromatic carbocycles. The van der Waals surface area contributed by atoms with Gasteiger partial charge in [-0.05, 0) is 30.5 Å². The van der Waals surface area contributed by atoms with Crippen molar-refractivity contribution in [3.8, 4) is 22.9 Å².